The molecule has 0 saturated heterocycles. The van der Waals surface area contributed by atoms with Crippen LogP contribution in [0, 0.1) is 6.92 Å². The van der Waals surface area contributed by atoms with Gasteiger partial charge in [-0.3, -0.25) is 0 Å². The summed E-state index contributed by atoms with van der Waals surface area (Å²) in [5, 5.41) is 16.4. The summed E-state index contributed by atoms with van der Waals surface area (Å²) in [7, 11) is 3.20. The lowest BCUT2D eigenvalue weighted by Crippen LogP contribution is -2.36. The van der Waals surface area contributed by atoms with Crippen molar-refractivity contribution in [3.05, 3.63) is 53.1 Å². The van der Waals surface area contributed by atoms with Gasteiger partial charge in [0.05, 0.1) is 20.8 Å². The van der Waals surface area contributed by atoms with Gasteiger partial charge < -0.3 is 25.2 Å². The van der Waals surface area contributed by atoms with Crippen LogP contribution in [0.5, 0.6) is 17.2 Å². The normalized spacial score (nSPS) is 11.2. The molecule has 2 aromatic carbocycles. The van der Waals surface area contributed by atoms with E-state index in [-0.39, 0.29) is 5.75 Å². The summed E-state index contributed by atoms with van der Waals surface area (Å²) in [6.07, 6.45) is 0. The van der Waals surface area contributed by atoms with E-state index >= 15 is 0 Å². The predicted molar refractivity (Wildman–Crippen MR) is 104 cm³/mol. The van der Waals surface area contributed by atoms with Crippen LogP contribution in [-0.2, 0) is 13.1 Å². The second-order valence-corrected chi connectivity index (χ2v) is 5.87. The molecule has 2 rings (SSSR count). The van der Waals surface area contributed by atoms with Crippen LogP contribution >= 0.6 is 0 Å². The first kappa shape index (κ1) is 19.4. The predicted octanol–water partition coefficient (Wildman–Crippen LogP) is 2.97. The summed E-state index contributed by atoms with van der Waals surface area (Å²) in [4.78, 5) is 4.57. The number of nitrogens with zero attached hydrogens (tertiary/aromatic N) is 1. The molecule has 0 spiro atoms. The first-order valence-electron chi connectivity index (χ1n) is 8.59. The van der Waals surface area contributed by atoms with Crippen LogP contribution in [0.3, 0.4) is 0 Å². The summed E-state index contributed by atoms with van der Waals surface area (Å²) >= 11 is 0. The quantitative estimate of drug-likeness (QED) is 0.525. The van der Waals surface area contributed by atoms with E-state index in [1.54, 1.807) is 19.2 Å². The third-order valence-corrected chi connectivity index (χ3v) is 3.90. The Morgan fingerprint density at radius 3 is 2.46 bits per heavy atom. The molecule has 0 aromatic heterocycles. The maximum Gasteiger partial charge on any atom is 0.191 e. The van der Waals surface area contributed by atoms with Crippen molar-refractivity contribution in [2.75, 3.05) is 20.8 Å². The largest absolute Gasteiger partial charge is 0.504 e. The lowest BCUT2D eigenvalue weighted by Gasteiger charge is -2.14. The second-order valence-electron chi connectivity index (χ2n) is 5.87. The Labute approximate surface area is 154 Å². The first-order chi connectivity index (χ1) is 12.6. The van der Waals surface area contributed by atoms with Crippen molar-refractivity contribution in [2.24, 2.45) is 4.99 Å². The van der Waals surface area contributed by atoms with Crippen molar-refractivity contribution in [3.63, 3.8) is 0 Å². The molecular weight excluding hydrogens is 330 g/mol. The molecule has 6 heteroatoms. The van der Waals surface area contributed by atoms with Crippen LogP contribution in [-0.4, -0.2) is 31.8 Å². The third-order valence-electron chi connectivity index (χ3n) is 3.90. The minimum Gasteiger partial charge on any atom is -0.504 e. The van der Waals surface area contributed by atoms with Crippen molar-refractivity contribution in [2.45, 2.75) is 26.9 Å². The molecule has 0 atom stereocenters. The van der Waals surface area contributed by atoms with E-state index in [0.29, 0.717) is 24.8 Å². The number of hydrogen-bond acceptors (Lipinski definition) is 4. The van der Waals surface area contributed by atoms with Crippen molar-refractivity contribution < 1.29 is 14.6 Å². The van der Waals surface area contributed by atoms with Crippen molar-refractivity contribution >= 4 is 5.96 Å². The van der Waals surface area contributed by atoms with E-state index in [1.165, 1.54) is 7.11 Å². The number of rotatable bonds is 7. The van der Waals surface area contributed by atoms with E-state index < -0.39 is 0 Å². The van der Waals surface area contributed by atoms with Crippen LogP contribution in [0.1, 0.15) is 23.6 Å². The molecule has 0 aliphatic carbocycles. The molecule has 6 nitrogen and oxygen atoms in total. The SMILES string of the molecule is CCNC(=NCc1ccc(OC)c(O)c1)NCc1ccc(C)cc1OC. The number of aromatic hydroxyl groups is 1. The molecule has 0 saturated carbocycles. The van der Waals surface area contributed by atoms with Gasteiger partial charge in [-0.15, -0.1) is 0 Å². The molecule has 0 unspecified atom stereocenters. The standard InChI is InChI=1S/C20H27N3O3/c1-5-21-20(22-12-15-7-9-18(25-3)17(24)11-15)23-13-16-8-6-14(2)10-19(16)26-4/h6-11,24H,5,12-13H2,1-4H3,(H2,21,22,23). The molecule has 0 amide bonds. The Bertz CT molecular complexity index is 760. The van der Waals surface area contributed by atoms with E-state index in [2.05, 4.69) is 21.7 Å². The van der Waals surface area contributed by atoms with E-state index in [1.807, 2.05) is 32.0 Å². The van der Waals surface area contributed by atoms with Gasteiger partial charge >= 0.3 is 0 Å². The molecule has 140 valence electrons. The number of methoxy groups -OCH3 is 2. The van der Waals surface area contributed by atoms with E-state index in [4.69, 9.17) is 9.47 Å². The fourth-order valence-electron chi connectivity index (χ4n) is 2.52. The van der Waals surface area contributed by atoms with Crippen molar-refractivity contribution in [3.8, 4) is 17.2 Å². The van der Waals surface area contributed by atoms with Crippen molar-refractivity contribution in [1.29, 1.82) is 0 Å². The zero-order valence-corrected chi connectivity index (χ0v) is 15.8. The molecule has 0 aliphatic rings. The summed E-state index contributed by atoms with van der Waals surface area (Å²) in [5.74, 6) is 2.12. The number of guanidine groups is 1. The lowest BCUT2D eigenvalue weighted by molar-refractivity contribution is 0.373. The molecule has 0 bridgehead atoms. The highest BCUT2D eigenvalue weighted by Crippen LogP contribution is 2.26. The molecular formula is C20H27N3O3. The number of phenolic OH excluding ortho intramolecular Hbond substituents is 1. The maximum absolute atomic E-state index is 9.87. The van der Waals surface area contributed by atoms with Gasteiger partial charge in [0.15, 0.2) is 17.5 Å². The van der Waals surface area contributed by atoms with Gasteiger partial charge in [-0.05, 0) is 43.2 Å². The zero-order chi connectivity index (χ0) is 18.9. The minimum atomic E-state index is 0.113. The number of ether oxygens (including phenoxy) is 2. The highest BCUT2D eigenvalue weighted by atomic mass is 16.5. The van der Waals surface area contributed by atoms with E-state index in [0.717, 1.165) is 29.0 Å². The fourth-order valence-corrected chi connectivity index (χ4v) is 2.52. The Kier molecular flexibility index (Phi) is 7.14. The first-order valence-corrected chi connectivity index (χ1v) is 8.59. The Hall–Kier alpha value is -2.89. The van der Waals surface area contributed by atoms with Crippen LogP contribution in [0.15, 0.2) is 41.4 Å². The van der Waals surface area contributed by atoms with Gasteiger partial charge in [0.1, 0.15) is 5.75 Å². The third kappa shape index (κ3) is 5.31. The topological polar surface area (TPSA) is 75.1 Å². The average molecular weight is 357 g/mol. The molecule has 2 aromatic rings. The van der Waals surface area contributed by atoms with Gasteiger partial charge in [-0.2, -0.15) is 0 Å². The summed E-state index contributed by atoms with van der Waals surface area (Å²) in [6, 6.07) is 11.4. The highest BCUT2D eigenvalue weighted by molar-refractivity contribution is 5.79. The van der Waals surface area contributed by atoms with Crippen LogP contribution < -0.4 is 20.1 Å². The Morgan fingerprint density at radius 1 is 1.04 bits per heavy atom. The molecule has 0 fully saturated rings. The smallest absolute Gasteiger partial charge is 0.191 e. The van der Waals surface area contributed by atoms with Gasteiger partial charge in [-0.1, -0.05) is 18.2 Å². The molecule has 26 heavy (non-hydrogen) atoms. The summed E-state index contributed by atoms with van der Waals surface area (Å²) in [6.45, 7) is 5.85. The van der Waals surface area contributed by atoms with Gasteiger partial charge in [0.2, 0.25) is 0 Å². The summed E-state index contributed by atoms with van der Waals surface area (Å²) < 4.78 is 10.5. The number of hydrogen-bond donors (Lipinski definition) is 3. The van der Waals surface area contributed by atoms with Crippen LogP contribution in [0.2, 0.25) is 0 Å². The molecule has 0 aliphatic heterocycles. The number of phenols is 1. The maximum atomic E-state index is 9.87. The zero-order valence-electron chi connectivity index (χ0n) is 15.8. The molecule has 0 radical (unpaired) electrons. The van der Waals surface area contributed by atoms with E-state index in [9.17, 15) is 5.11 Å². The number of nitrogens with one attached hydrogen (secondary N) is 2. The van der Waals surface area contributed by atoms with Crippen LogP contribution in [0.4, 0.5) is 0 Å². The Balaban J connectivity index is 2.06. The highest BCUT2D eigenvalue weighted by Gasteiger charge is 2.06. The molecule has 3 N–H and O–H groups in total. The average Bonchev–Trinajstić information content (AvgIpc) is 2.64. The minimum absolute atomic E-state index is 0.113. The van der Waals surface area contributed by atoms with Gasteiger partial charge in [-0.25, -0.2) is 4.99 Å². The Morgan fingerprint density at radius 2 is 1.81 bits per heavy atom. The van der Waals surface area contributed by atoms with Crippen molar-refractivity contribution in [1.82, 2.24) is 10.6 Å². The van der Waals surface area contributed by atoms with Crippen LogP contribution in [0.25, 0.3) is 0 Å². The lowest BCUT2D eigenvalue weighted by atomic mass is 10.1. The van der Waals surface area contributed by atoms with Gasteiger partial charge in [0.25, 0.3) is 0 Å². The van der Waals surface area contributed by atoms with Gasteiger partial charge in [0, 0.05) is 18.7 Å². The monoisotopic (exact) mass is 357 g/mol. The number of benzene rings is 2. The second kappa shape index (κ2) is 9.56. The summed E-state index contributed by atoms with van der Waals surface area (Å²) in [5.41, 5.74) is 3.12. The number of aliphatic imine (C=N–C) groups is 1. The molecule has 0 heterocycles. The fraction of sp³-hybridized carbons (Fsp3) is 0.350. The number of aryl methyl sites for hydroxylation is 1.